The number of rotatable bonds is 1. The molecule has 6 aliphatic rings. The highest BCUT2D eigenvalue weighted by molar-refractivity contribution is 6.94. The zero-order valence-electron chi connectivity index (χ0n) is 43.7. The minimum absolute atomic E-state index is 0.00975. The van der Waals surface area contributed by atoms with Gasteiger partial charge in [-0.1, -0.05) is 151 Å². The molecule has 6 aromatic carbocycles. The van der Waals surface area contributed by atoms with E-state index in [2.05, 4.69) is 198 Å². The van der Waals surface area contributed by atoms with Crippen LogP contribution < -0.4 is 20.6 Å². The Morgan fingerprint density at radius 1 is 0.544 bits per heavy atom. The van der Waals surface area contributed by atoms with Gasteiger partial charge in [0.1, 0.15) is 11.2 Å². The number of hydrogen-bond acceptors (Lipinski definition) is 3. The van der Waals surface area contributed by atoms with Crippen LogP contribution in [0.3, 0.4) is 0 Å². The smallest absolute Gasteiger partial charge is 0.333 e. The van der Waals surface area contributed by atoms with Gasteiger partial charge in [-0.2, -0.15) is 0 Å². The molecule has 68 heavy (non-hydrogen) atoms. The van der Waals surface area contributed by atoms with Gasteiger partial charge in [0.2, 0.25) is 0 Å². The third-order valence-electron chi connectivity index (χ3n) is 19.5. The van der Waals surface area contributed by atoms with Crippen molar-refractivity contribution in [2.24, 2.45) is 0 Å². The highest BCUT2D eigenvalue weighted by atomic mass is 16.3. The van der Waals surface area contributed by atoms with Crippen molar-refractivity contribution in [2.75, 3.05) is 9.71 Å². The van der Waals surface area contributed by atoms with Gasteiger partial charge in [-0.25, -0.2) is 0 Å². The fourth-order valence-electron chi connectivity index (χ4n) is 14.9. The number of benzene rings is 6. The van der Waals surface area contributed by atoms with E-state index >= 15 is 0 Å². The van der Waals surface area contributed by atoms with Gasteiger partial charge in [-0.15, -0.1) is 0 Å². The molecule has 13 rings (SSSR count). The van der Waals surface area contributed by atoms with Gasteiger partial charge in [0, 0.05) is 55.5 Å². The lowest BCUT2D eigenvalue weighted by Gasteiger charge is -2.54. The largest absolute Gasteiger partial charge is 0.456 e. The molecule has 2 atom stereocenters. The molecule has 346 valence electrons. The van der Waals surface area contributed by atoms with Crippen LogP contribution in [0.15, 0.2) is 89.3 Å². The second-order valence-electron chi connectivity index (χ2n) is 26.8. The molecule has 0 amide bonds. The Hall–Kier alpha value is -5.22. The van der Waals surface area contributed by atoms with Crippen molar-refractivity contribution in [1.29, 1.82) is 0 Å². The molecule has 1 saturated carbocycles. The Balaban J connectivity index is 1.24. The van der Waals surface area contributed by atoms with Crippen molar-refractivity contribution in [3.8, 4) is 22.3 Å². The van der Waals surface area contributed by atoms with E-state index in [1.54, 1.807) is 5.56 Å². The SMILES string of the molecule is Cc1cc2c(cc1N1B3c4cc(C(C)(C)C)cc5c4N(c4c3c(cc3c4-c4ccccc4C3(C)C)-c3cc4oc6ccc(C(C)(C)C)cc6c4cc31)C1(C)CCCCC51C)C(C)(C)CCC2(C)C. The van der Waals surface area contributed by atoms with Gasteiger partial charge in [0.25, 0.3) is 0 Å². The van der Waals surface area contributed by atoms with E-state index in [1.807, 2.05) is 0 Å². The predicted octanol–water partition coefficient (Wildman–Crippen LogP) is 16.1. The molecule has 1 aromatic heterocycles. The maximum atomic E-state index is 7.00. The molecule has 3 nitrogen and oxygen atoms in total. The van der Waals surface area contributed by atoms with Crippen LogP contribution in [0, 0.1) is 6.92 Å². The van der Waals surface area contributed by atoms with E-state index < -0.39 is 0 Å². The molecular formula is C64H71BN2O. The molecule has 1 fully saturated rings. The van der Waals surface area contributed by atoms with Crippen molar-refractivity contribution < 1.29 is 4.42 Å². The van der Waals surface area contributed by atoms with Crippen LogP contribution in [-0.4, -0.2) is 12.4 Å². The Morgan fingerprint density at radius 2 is 1.22 bits per heavy atom. The summed E-state index contributed by atoms with van der Waals surface area (Å²) in [5.41, 5.74) is 27.3. The number of anilines is 4. The average molecular weight is 895 g/mol. The van der Waals surface area contributed by atoms with E-state index in [-0.39, 0.29) is 44.9 Å². The summed E-state index contributed by atoms with van der Waals surface area (Å²) in [6, 6.07) is 34.6. The zero-order chi connectivity index (χ0) is 47.8. The molecule has 3 aliphatic carbocycles. The maximum Gasteiger partial charge on any atom is 0.333 e. The van der Waals surface area contributed by atoms with Gasteiger partial charge in [0.05, 0.1) is 5.54 Å². The number of hydrogen-bond donors (Lipinski definition) is 0. The molecule has 4 heteroatoms. The third-order valence-corrected chi connectivity index (χ3v) is 19.5. The first-order chi connectivity index (χ1) is 31.9. The fourth-order valence-corrected chi connectivity index (χ4v) is 14.9. The van der Waals surface area contributed by atoms with Crippen LogP contribution in [0.1, 0.15) is 180 Å². The predicted molar refractivity (Wildman–Crippen MR) is 291 cm³/mol. The Kier molecular flexibility index (Phi) is 8.16. The van der Waals surface area contributed by atoms with Crippen LogP contribution in [0.4, 0.5) is 22.7 Å². The number of furan rings is 1. The van der Waals surface area contributed by atoms with Crippen LogP contribution in [0.2, 0.25) is 0 Å². The molecule has 7 aromatic rings. The van der Waals surface area contributed by atoms with E-state index in [9.17, 15) is 0 Å². The summed E-state index contributed by atoms with van der Waals surface area (Å²) >= 11 is 0. The molecule has 0 N–H and O–H groups in total. The first-order valence-corrected chi connectivity index (χ1v) is 26.1. The Labute approximate surface area is 406 Å². The average Bonchev–Trinajstić information content (AvgIpc) is 3.82. The lowest BCUT2D eigenvalue weighted by molar-refractivity contribution is 0.195. The van der Waals surface area contributed by atoms with Crippen LogP contribution >= 0.6 is 0 Å². The highest BCUT2D eigenvalue weighted by Gasteiger charge is 2.63. The van der Waals surface area contributed by atoms with Gasteiger partial charge >= 0.3 is 6.85 Å². The Morgan fingerprint density at radius 3 is 1.94 bits per heavy atom. The lowest BCUT2D eigenvalue weighted by Crippen LogP contribution is -2.65. The van der Waals surface area contributed by atoms with Crippen molar-refractivity contribution in [2.45, 2.75) is 180 Å². The lowest BCUT2D eigenvalue weighted by atomic mass is 9.42. The first kappa shape index (κ1) is 42.9. The minimum Gasteiger partial charge on any atom is -0.456 e. The quantitative estimate of drug-likeness (QED) is 0.153. The minimum atomic E-state index is -0.180. The van der Waals surface area contributed by atoms with Crippen molar-refractivity contribution in [3.63, 3.8) is 0 Å². The molecular weight excluding hydrogens is 824 g/mol. The molecule has 0 radical (unpaired) electrons. The topological polar surface area (TPSA) is 19.6 Å². The summed E-state index contributed by atoms with van der Waals surface area (Å²) < 4.78 is 7.00. The van der Waals surface area contributed by atoms with Crippen molar-refractivity contribution >= 4 is 62.5 Å². The summed E-state index contributed by atoms with van der Waals surface area (Å²) in [5, 5.41) is 2.40. The molecule has 0 spiro atoms. The molecule has 2 unspecified atom stereocenters. The number of aryl methyl sites for hydroxylation is 1. The fraction of sp³-hybridized carbons (Fsp3) is 0.438. The van der Waals surface area contributed by atoms with Crippen molar-refractivity contribution in [3.05, 3.63) is 129 Å². The van der Waals surface area contributed by atoms with Crippen LogP contribution in [-0.2, 0) is 32.5 Å². The summed E-state index contributed by atoms with van der Waals surface area (Å²) in [7, 11) is 0. The van der Waals surface area contributed by atoms with Crippen LogP contribution in [0.5, 0.6) is 0 Å². The van der Waals surface area contributed by atoms with Gasteiger partial charge in [-0.3, -0.25) is 0 Å². The van der Waals surface area contributed by atoms with E-state index in [4.69, 9.17) is 4.42 Å². The number of nitrogens with zero attached hydrogens (tertiary/aromatic N) is 2. The highest BCUT2D eigenvalue weighted by Crippen LogP contribution is 2.66. The van der Waals surface area contributed by atoms with Crippen LogP contribution in [0.25, 0.3) is 44.2 Å². The monoisotopic (exact) mass is 895 g/mol. The molecule has 4 heterocycles. The summed E-state index contributed by atoms with van der Waals surface area (Å²) in [6.07, 6.45) is 7.25. The standard InChI is InChI=1S/C64H71BN2O/c1-36-28-45-46(61(10,11)27-26-60(45,8)9)35-50(36)67-51-33-42-41-29-37(58(2,3)4)22-23-52(41)68-53(42)34-40(51)43-32-47-54(39-20-16-17-21-44(39)62(47,12)13)57-55(43)65(67)49-31-38(59(5,6)7)30-48-56(49)66(57)64(15)25-19-18-24-63(48,64)14/h16-17,20-23,28-35H,18-19,24-27H2,1-15H3. The summed E-state index contributed by atoms with van der Waals surface area (Å²) in [5.74, 6) is 0. The molecule has 3 aliphatic heterocycles. The molecule has 0 bridgehead atoms. The third kappa shape index (κ3) is 5.23. The van der Waals surface area contributed by atoms with E-state index in [0.717, 1.165) is 11.2 Å². The van der Waals surface area contributed by atoms with Gasteiger partial charge in [0.15, 0.2) is 0 Å². The van der Waals surface area contributed by atoms with Crippen molar-refractivity contribution in [1.82, 2.24) is 0 Å². The first-order valence-electron chi connectivity index (χ1n) is 26.1. The Bertz CT molecular complexity index is 3420. The zero-order valence-corrected chi connectivity index (χ0v) is 43.7. The van der Waals surface area contributed by atoms with Gasteiger partial charge < -0.3 is 14.1 Å². The summed E-state index contributed by atoms with van der Waals surface area (Å²) in [4.78, 5) is 5.85. The second kappa shape index (κ2) is 12.9. The van der Waals surface area contributed by atoms with E-state index in [1.165, 1.54) is 144 Å². The number of fused-ring (bicyclic) bond motifs is 15. The normalized spacial score (nSPS) is 23.2. The molecule has 0 saturated heterocycles. The van der Waals surface area contributed by atoms with Gasteiger partial charge in [-0.05, 0) is 164 Å². The maximum absolute atomic E-state index is 7.00. The van der Waals surface area contributed by atoms with E-state index in [0.29, 0.717) is 0 Å². The summed E-state index contributed by atoms with van der Waals surface area (Å²) in [6.45, 7) is 36.8. The second-order valence-corrected chi connectivity index (χ2v) is 26.8.